The van der Waals surface area contributed by atoms with Crippen LogP contribution in [0.25, 0.3) is 0 Å². The van der Waals surface area contributed by atoms with Crippen LogP contribution in [-0.2, 0) is 4.79 Å². The third-order valence-electron chi connectivity index (χ3n) is 0.765. The average Bonchev–Trinajstić information content (AvgIpc) is 1.87. The Hall–Kier alpha value is -1.31. The Morgan fingerprint density at radius 1 is 1.20 bits per heavy atom. The lowest BCUT2D eigenvalue weighted by atomic mass is 10.4. The molecule has 0 saturated heterocycles. The lowest BCUT2D eigenvalue weighted by Crippen LogP contribution is -1.84. The first kappa shape index (κ1) is 8.69. The molecule has 10 heavy (non-hydrogen) atoms. The van der Waals surface area contributed by atoms with E-state index in [9.17, 15) is 4.79 Å². The fourth-order valence-corrected chi connectivity index (χ4v) is 0.377. The molecule has 0 bridgehead atoms. The van der Waals surface area contributed by atoms with Crippen molar-refractivity contribution in [1.29, 1.82) is 0 Å². The summed E-state index contributed by atoms with van der Waals surface area (Å²) in [6, 6.07) is 0. The van der Waals surface area contributed by atoms with Crippen LogP contribution in [0.5, 0.6) is 0 Å². The number of allylic oxidation sites excluding steroid dienone is 5. The van der Waals surface area contributed by atoms with Gasteiger partial charge >= 0.3 is 5.97 Å². The van der Waals surface area contributed by atoms with Gasteiger partial charge in [0.15, 0.2) is 0 Å². The van der Waals surface area contributed by atoms with E-state index < -0.39 is 5.97 Å². The van der Waals surface area contributed by atoms with Gasteiger partial charge in [0.05, 0.1) is 0 Å². The second kappa shape index (κ2) is 5.82. The normalized spacial score (nSPS) is 12.1. The summed E-state index contributed by atoms with van der Waals surface area (Å²) in [5.74, 6) is -0.926. The van der Waals surface area contributed by atoms with E-state index in [2.05, 4.69) is 0 Å². The van der Waals surface area contributed by atoms with Crippen molar-refractivity contribution in [2.45, 2.75) is 6.92 Å². The van der Waals surface area contributed by atoms with Gasteiger partial charge < -0.3 is 5.11 Å². The van der Waals surface area contributed by atoms with Gasteiger partial charge in [0.2, 0.25) is 0 Å². The van der Waals surface area contributed by atoms with E-state index in [1.54, 1.807) is 12.2 Å². The van der Waals surface area contributed by atoms with Crippen LogP contribution in [0.3, 0.4) is 0 Å². The molecular weight excluding hydrogens is 128 g/mol. The Balaban J connectivity index is 3.62. The third kappa shape index (κ3) is 6.69. The van der Waals surface area contributed by atoms with Crippen molar-refractivity contribution in [2.24, 2.45) is 0 Å². The largest absolute Gasteiger partial charge is 0.478 e. The van der Waals surface area contributed by atoms with Crippen molar-refractivity contribution >= 4 is 5.97 Å². The molecule has 0 aliphatic rings. The summed E-state index contributed by atoms with van der Waals surface area (Å²) in [4.78, 5) is 9.89. The van der Waals surface area contributed by atoms with Gasteiger partial charge in [-0.25, -0.2) is 4.79 Å². The predicted molar refractivity (Wildman–Crippen MR) is 40.7 cm³/mol. The zero-order valence-electron chi connectivity index (χ0n) is 5.82. The minimum Gasteiger partial charge on any atom is -0.478 e. The average molecular weight is 138 g/mol. The number of carbonyl (C=O) groups is 1. The number of hydrogen-bond acceptors (Lipinski definition) is 1. The maximum atomic E-state index is 9.89. The van der Waals surface area contributed by atoms with E-state index >= 15 is 0 Å². The van der Waals surface area contributed by atoms with E-state index in [4.69, 9.17) is 5.11 Å². The molecule has 0 saturated carbocycles. The lowest BCUT2D eigenvalue weighted by Gasteiger charge is -1.73. The first-order valence-corrected chi connectivity index (χ1v) is 2.96. The molecule has 0 fully saturated rings. The number of aliphatic carboxylic acids is 1. The molecule has 0 rings (SSSR count). The zero-order valence-corrected chi connectivity index (χ0v) is 5.82. The van der Waals surface area contributed by atoms with Crippen LogP contribution in [0.1, 0.15) is 6.92 Å². The summed E-state index contributed by atoms with van der Waals surface area (Å²) in [5.41, 5.74) is 0. The highest BCUT2D eigenvalue weighted by Crippen LogP contribution is 1.79. The minimum atomic E-state index is -0.926. The minimum absolute atomic E-state index is 0.926. The van der Waals surface area contributed by atoms with Crippen LogP contribution >= 0.6 is 0 Å². The van der Waals surface area contributed by atoms with Crippen molar-refractivity contribution in [3.63, 3.8) is 0 Å². The van der Waals surface area contributed by atoms with Crippen molar-refractivity contribution in [2.75, 3.05) is 0 Å². The summed E-state index contributed by atoms with van der Waals surface area (Å²) < 4.78 is 0. The Kier molecular flexibility index (Phi) is 5.06. The van der Waals surface area contributed by atoms with Gasteiger partial charge in [0.25, 0.3) is 0 Å². The summed E-state index contributed by atoms with van der Waals surface area (Å²) >= 11 is 0. The van der Waals surface area contributed by atoms with Crippen LogP contribution in [0.2, 0.25) is 0 Å². The van der Waals surface area contributed by atoms with Gasteiger partial charge in [-0.1, -0.05) is 30.4 Å². The van der Waals surface area contributed by atoms with Gasteiger partial charge in [-0.3, -0.25) is 0 Å². The molecular formula is C8H10O2. The summed E-state index contributed by atoms with van der Waals surface area (Å²) in [7, 11) is 0. The highest BCUT2D eigenvalue weighted by Gasteiger charge is 1.78. The summed E-state index contributed by atoms with van der Waals surface area (Å²) in [6.45, 7) is 1.89. The molecule has 54 valence electrons. The molecule has 0 amide bonds. The molecule has 0 aliphatic carbocycles. The number of hydrogen-bond donors (Lipinski definition) is 1. The molecule has 2 heteroatoms. The van der Waals surface area contributed by atoms with Crippen LogP contribution in [0, 0.1) is 0 Å². The van der Waals surface area contributed by atoms with Crippen LogP contribution in [-0.4, -0.2) is 11.1 Å². The summed E-state index contributed by atoms with van der Waals surface area (Å²) in [6.07, 6.45) is 9.67. The standard InChI is InChI=1S/C8H10O2/c1-2-3-4-5-6-7-8(9)10/h2-7H,1H3,(H,9,10)/b3-2+,5-4-,7-6-. The molecule has 0 atom stereocenters. The molecule has 0 aromatic heterocycles. The fourth-order valence-electron chi connectivity index (χ4n) is 0.377. The Morgan fingerprint density at radius 3 is 2.30 bits per heavy atom. The summed E-state index contributed by atoms with van der Waals surface area (Å²) in [5, 5.41) is 8.13. The second-order valence-corrected chi connectivity index (χ2v) is 1.61. The maximum absolute atomic E-state index is 9.89. The predicted octanol–water partition coefficient (Wildman–Crippen LogP) is 1.76. The molecule has 0 unspecified atom stereocenters. The van der Waals surface area contributed by atoms with Crippen LogP contribution in [0.4, 0.5) is 0 Å². The van der Waals surface area contributed by atoms with Gasteiger partial charge in [-0.05, 0) is 6.92 Å². The SMILES string of the molecule is C/C=C/C=C\C=C/C(=O)O. The quantitative estimate of drug-likeness (QED) is 0.476. The smallest absolute Gasteiger partial charge is 0.328 e. The maximum Gasteiger partial charge on any atom is 0.328 e. The highest BCUT2D eigenvalue weighted by molar-refractivity contribution is 5.80. The van der Waals surface area contributed by atoms with Crippen molar-refractivity contribution in [3.05, 3.63) is 36.5 Å². The van der Waals surface area contributed by atoms with E-state index in [-0.39, 0.29) is 0 Å². The molecule has 0 spiro atoms. The highest BCUT2D eigenvalue weighted by atomic mass is 16.4. The van der Waals surface area contributed by atoms with Gasteiger partial charge in [-0.2, -0.15) is 0 Å². The zero-order chi connectivity index (χ0) is 7.82. The molecule has 0 aliphatic heterocycles. The van der Waals surface area contributed by atoms with Crippen molar-refractivity contribution < 1.29 is 9.90 Å². The number of carboxylic acid groups (broad SMARTS) is 1. The molecule has 2 nitrogen and oxygen atoms in total. The fraction of sp³-hybridized carbons (Fsp3) is 0.125. The van der Waals surface area contributed by atoms with Gasteiger partial charge in [0, 0.05) is 6.08 Å². The van der Waals surface area contributed by atoms with Crippen molar-refractivity contribution in [1.82, 2.24) is 0 Å². The van der Waals surface area contributed by atoms with Crippen molar-refractivity contribution in [3.8, 4) is 0 Å². The van der Waals surface area contributed by atoms with E-state index in [1.165, 1.54) is 6.08 Å². The van der Waals surface area contributed by atoms with E-state index in [0.717, 1.165) is 6.08 Å². The molecule has 0 aromatic carbocycles. The number of rotatable bonds is 3. The van der Waals surface area contributed by atoms with Crippen LogP contribution < -0.4 is 0 Å². The van der Waals surface area contributed by atoms with Crippen LogP contribution in [0.15, 0.2) is 36.5 Å². The van der Waals surface area contributed by atoms with Gasteiger partial charge in [-0.15, -0.1) is 0 Å². The third-order valence-corrected chi connectivity index (χ3v) is 0.765. The Bertz CT molecular complexity index is 176. The van der Waals surface area contributed by atoms with E-state index in [0.29, 0.717) is 0 Å². The topological polar surface area (TPSA) is 37.3 Å². The second-order valence-electron chi connectivity index (χ2n) is 1.61. The van der Waals surface area contributed by atoms with E-state index in [1.807, 2.05) is 19.1 Å². The Labute approximate surface area is 60.2 Å². The first-order valence-electron chi connectivity index (χ1n) is 2.96. The molecule has 0 heterocycles. The lowest BCUT2D eigenvalue weighted by molar-refractivity contribution is -0.131. The first-order chi connectivity index (χ1) is 4.77. The van der Waals surface area contributed by atoms with Gasteiger partial charge in [0.1, 0.15) is 0 Å². The monoisotopic (exact) mass is 138 g/mol. The molecule has 1 N–H and O–H groups in total. The number of carboxylic acids is 1. The molecule has 0 aromatic rings. The molecule has 0 radical (unpaired) electrons. The Morgan fingerprint density at radius 2 is 1.80 bits per heavy atom.